The maximum atomic E-state index is 12.2. The van der Waals surface area contributed by atoms with Gasteiger partial charge in [-0.05, 0) is 53.4 Å². The lowest BCUT2D eigenvalue weighted by Gasteiger charge is -2.33. The molecule has 2 fully saturated rings. The molecule has 29 heavy (non-hydrogen) atoms. The average molecular weight is 412 g/mol. The minimum atomic E-state index is -0.439. The van der Waals surface area contributed by atoms with E-state index in [2.05, 4.69) is 29.4 Å². The number of morpholine rings is 1. The van der Waals surface area contributed by atoms with Crippen molar-refractivity contribution in [2.45, 2.75) is 59.1 Å². The molecule has 8 nitrogen and oxygen atoms in total. The third-order valence-electron chi connectivity index (χ3n) is 5.35. The Morgan fingerprint density at radius 2 is 1.83 bits per heavy atom. The number of carbonyl (C=O) groups is 1. The number of piperidine rings is 1. The van der Waals surface area contributed by atoms with Crippen molar-refractivity contribution < 1.29 is 14.3 Å². The molecule has 0 aromatic rings. The molecule has 0 aliphatic carbocycles. The Hall–Kier alpha value is -1.54. The SMILES string of the molecule is CCNC(=NCC(C)N1CCOCC1)NCC1CCN(C(=O)OC(C)(C)C)CC1. The Bertz CT molecular complexity index is 521. The predicted molar refractivity (Wildman–Crippen MR) is 116 cm³/mol. The van der Waals surface area contributed by atoms with Crippen LogP contribution in [0.1, 0.15) is 47.5 Å². The maximum Gasteiger partial charge on any atom is 0.410 e. The van der Waals surface area contributed by atoms with E-state index in [1.165, 1.54) is 0 Å². The van der Waals surface area contributed by atoms with Gasteiger partial charge in [-0.15, -0.1) is 0 Å². The number of rotatable bonds is 6. The van der Waals surface area contributed by atoms with Crippen LogP contribution in [0.4, 0.5) is 4.79 Å². The lowest BCUT2D eigenvalue weighted by Crippen LogP contribution is -2.46. The molecule has 0 spiro atoms. The summed E-state index contributed by atoms with van der Waals surface area (Å²) < 4.78 is 10.9. The van der Waals surface area contributed by atoms with Gasteiger partial charge < -0.3 is 25.0 Å². The summed E-state index contributed by atoms with van der Waals surface area (Å²) in [6.45, 7) is 17.6. The van der Waals surface area contributed by atoms with Gasteiger partial charge in [-0.2, -0.15) is 0 Å². The largest absolute Gasteiger partial charge is 0.444 e. The minimum Gasteiger partial charge on any atom is -0.444 e. The number of hydrogen-bond donors (Lipinski definition) is 2. The zero-order chi connectivity index (χ0) is 21.3. The van der Waals surface area contributed by atoms with Crippen molar-refractivity contribution in [1.29, 1.82) is 0 Å². The molecule has 1 amide bonds. The summed E-state index contributed by atoms with van der Waals surface area (Å²) in [5.74, 6) is 1.41. The van der Waals surface area contributed by atoms with Crippen LogP contribution in [0, 0.1) is 5.92 Å². The van der Waals surface area contributed by atoms with Crippen LogP contribution in [0.3, 0.4) is 0 Å². The third-order valence-corrected chi connectivity index (χ3v) is 5.35. The maximum absolute atomic E-state index is 12.2. The van der Waals surface area contributed by atoms with Gasteiger partial charge in [0.15, 0.2) is 5.96 Å². The molecule has 0 radical (unpaired) electrons. The van der Waals surface area contributed by atoms with Gasteiger partial charge in [0.1, 0.15) is 5.60 Å². The average Bonchev–Trinajstić information content (AvgIpc) is 2.69. The number of ether oxygens (including phenoxy) is 2. The normalized spacial score (nSPS) is 21.0. The number of aliphatic imine (C=N–C) groups is 1. The van der Waals surface area contributed by atoms with E-state index in [1.807, 2.05) is 25.7 Å². The fraction of sp³-hybridized carbons (Fsp3) is 0.905. The first-order valence-corrected chi connectivity index (χ1v) is 11.1. The highest BCUT2D eigenvalue weighted by molar-refractivity contribution is 5.79. The second-order valence-electron chi connectivity index (χ2n) is 9.01. The van der Waals surface area contributed by atoms with Gasteiger partial charge >= 0.3 is 6.09 Å². The predicted octanol–water partition coefficient (Wildman–Crippen LogP) is 1.91. The van der Waals surface area contributed by atoms with E-state index >= 15 is 0 Å². The molecule has 2 heterocycles. The van der Waals surface area contributed by atoms with Gasteiger partial charge in [-0.1, -0.05) is 0 Å². The van der Waals surface area contributed by atoms with Gasteiger partial charge in [-0.25, -0.2) is 4.79 Å². The highest BCUT2D eigenvalue weighted by atomic mass is 16.6. The van der Waals surface area contributed by atoms with E-state index in [4.69, 9.17) is 14.5 Å². The first-order valence-electron chi connectivity index (χ1n) is 11.1. The molecule has 0 aromatic carbocycles. The van der Waals surface area contributed by atoms with Crippen molar-refractivity contribution >= 4 is 12.1 Å². The number of guanidine groups is 1. The number of amides is 1. The van der Waals surface area contributed by atoms with E-state index < -0.39 is 5.60 Å². The fourth-order valence-electron chi connectivity index (χ4n) is 3.59. The van der Waals surface area contributed by atoms with E-state index in [0.29, 0.717) is 12.0 Å². The number of carbonyl (C=O) groups excluding carboxylic acids is 1. The summed E-state index contributed by atoms with van der Waals surface area (Å²) >= 11 is 0. The Kier molecular flexibility index (Phi) is 9.49. The summed E-state index contributed by atoms with van der Waals surface area (Å²) in [7, 11) is 0. The van der Waals surface area contributed by atoms with Crippen molar-refractivity contribution in [3.8, 4) is 0 Å². The van der Waals surface area contributed by atoms with Crippen molar-refractivity contribution in [3.05, 3.63) is 0 Å². The Morgan fingerprint density at radius 3 is 2.41 bits per heavy atom. The zero-order valence-electron chi connectivity index (χ0n) is 19.0. The molecule has 2 aliphatic heterocycles. The number of nitrogens with zero attached hydrogens (tertiary/aromatic N) is 3. The van der Waals surface area contributed by atoms with Gasteiger partial charge in [0.2, 0.25) is 0 Å². The summed E-state index contributed by atoms with van der Waals surface area (Å²) in [4.78, 5) is 21.2. The molecule has 0 aromatic heterocycles. The van der Waals surface area contributed by atoms with Crippen LogP contribution in [0.5, 0.6) is 0 Å². The van der Waals surface area contributed by atoms with Gasteiger partial charge in [0, 0.05) is 45.3 Å². The third kappa shape index (κ3) is 8.78. The van der Waals surface area contributed by atoms with Crippen LogP contribution < -0.4 is 10.6 Å². The molecule has 2 rings (SSSR count). The van der Waals surface area contributed by atoms with Gasteiger partial charge in [0.05, 0.1) is 19.8 Å². The molecule has 8 heteroatoms. The van der Waals surface area contributed by atoms with Crippen LogP contribution in [-0.4, -0.2) is 92.5 Å². The Morgan fingerprint density at radius 1 is 1.17 bits per heavy atom. The monoisotopic (exact) mass is 411 g/mol. The smallest absolute Gasteiger partial charge is 0.410 e. The second kappa shape index (κ2) is 11.6. The molecule has 2 N–H and O–H groups in total. The zero-order valence-corrected chi connectivity index (χ0v) is 19.0. The molecular formula is C21H41N5O3. The molecular weight excluding hydrogens is 370 g/mol. The van der Waals surface area contributed by atoms with Crippen molar-refractivity contribution in [2.24, 2.45) is 10.9 Å². The van der Waals surface area contributed by atoms with Crippen molar-refractivity contribution in [3.63, 3.8) is 0 Å². The van der Waals surface area contributed by atoms with Crippen molar-refractivity contribution in [1.82, 2.24) is 20.4 Å². The quantitative estimate of drug-likeness (QED) is 0.514. The van der Waals surface area contributed by atoms with Crippen LogP contribution in [0.2, 0.25) is 0 Å². The topological polar surface area (TPSA) is 78.4 Å². The van der Waals surface area contributed by atoms with Crippen LogP contribution in [0.15, 0.2) is 4.99 Å². The summed E-state index contributed by atoms with van der Waals surface area (Å²) in [5, 5.41) is 6.84. The van der Waals surface area contributed by atoms with Crippen molar-refractivity contribution in [2.75, 3.05) is 59.0 Å². The number of nitrogens with one attached hydrogen (secondary N) is 2. The van der Waals surface area contributed by atoms with Crippen LogP contribution >= 0.6 is 0 Å². The Balaban J connectivity index is 1.74. The van der Waals surface area contributed by atoms with E-state index in [0.717, 1.165) is 77.8 Å². The van der Waals surface area contributed by atoms with Gasteiger partial charge in [0.25, 0.3) is 0 Å². The molecule has 1 unspecified atom stereocenters. The van der Waals surface area contributed by atoms with Crippen LogP contribution in [0.25, 0.3) is 0 Å². The summed E-state index contributed by atoms with van der Waals surface area (Å²) in [5.41, 5.74) is -0.439. The standard InChI is InChI=1S/C21H41N5O3/c1-6-22-19(23-15-17(2)25-11-13-28-14-12-25)24-16-18-7-9-26(10-8-18)20(27)29-21(3,4)5/h17-18H,6-16H2,1-5H3,(H2,22,23,24). The fourth-order valence-corrected chi connectivity index (χ4v) is 3.59. The Labute approximate surface area is 176 Å². The molecule has 2 saturated heterocycles. The lowest BCUT2D eigenvalue weighted by molar-refractivity contribution is 0.0185. The number of likely N-dealkylation sites (tertiary alicyclic amines) is 1. The van der Waals surface area contributed by atoms with E-state index in [9.17, 15) is 4.79 Å². The first-order chi connectivity index (χ1) is 13.8. The van der Waals surface area contributed by atoms with Gasteiger partial charge in [-0.3, -0.25) is 9.89 Å². The minimum absolute atomic E-state index is 0.198. The number of hydrogen-bond acceptors (Lipinski definition) is 5. The highest BCUT2D eigenvalue weighted by Crippen LogP contribution is 2.19. The highest BCUT2D eigenvalue weighted by Gasteiger charge is 2.27. The van der Waals surface area contributed by atoms with E-state index in [1.54, 1.807) is 0 Å². The molecule has 2 aliphatic rings. The second-order valence-corrected chi connectivity index (χ2v) is 9.01. The lowest BCUT2D eigenvalue weighted by atomic mass is 9.97. The van der Waals surface area contributed by atoms with E-state index in [-0.39, 0.29) is 6.09 Å². The molecule has 0 saturated carbocycles. The molecule has 0 bridgehead atoms. The molecule has 1 atom stereocenters. The summed E-state index contributed by atoms with van der Waals surface area (Å²) in [6, 6.07) is 0.409. The first kappa shape index (κ1) is 23.7. The van der Waals surface area contributed by atoms with Crippen LogP contribution in [-0.2, 0) is 9.47 Å². The molecule has 168 valence electrons. The summed E-state index contributed by atoms with van der Waals surface area (Å²) in [6.07, 6.45) is 1.77.